The number of amides is 1. The van der Waals surface area contributed by atoms with Gasteiger partial charge in [0.05, 0.1) is 23.2 Å². The van der Waals surface area contributed by atoms with Crippen molar-refractivity contribution in [3.8, 4) is 17.2 Å². The lowest BCUT2D eigenvalue weighted by atomic mass is 9.55. The van der Waals surface area contributed by atoms with Gasteiger partial charge in [0.1, 0.15) is 28.9 Å². The van der Waals surface area contributed by atoms with Gasteiger partial charge in [-0.3, -0.25) is 14.9 Å². The predicted octanol–water partition coefficient (Wildman–Crippen LogP) is 12.4. The molecule has 1 fully saturated rings. The molecule has 71 heavy (non-hydrogen) atoms. The minimum absolute atomic E-state index is 0.00671. The fourth-order valence-corrected chi connectivity index (χ4v) is 11.0. The molecule has 0 bridgehead atoms. The Bertz CT molecular complexity index is 2760. The first-order chi connectivity index (χ1) is 34.4. The summed E-state index contributed by atoms with van der Waals surface area (Å²) < 4.78 is 21.4. The van der Waals surface area contributed by atoms with Gasteiger partial charge < -0.3 is 34.2 Å². The minimum atomic E-state index is -1.51. The molecule has 0 saturated heterocycles. The lowest BCUT2D eigenvalue weighted by molar-refractivity contribution is -0.384. The number of thioether (sulfide) groups is 1. The van der Waals surface area contributed by atoms with E-state index in [0.717, 1.165) is 58.1 Å². The average molecular weight is 980 g/mol. The topological polar surface area (TPSA) is 153 Å². The second-order valence-corrected chi connectivity index (χ2v) is 20.4. The maximum absolute atomic E-state index is 15.5. The molecule has 1 heterocycles. The van der Waals surface area contributed by atoms with E-state index in [9.17, 15) is 20.3 Å². The van der Waals surface area contributed by atoms with Crippen LogP contribution >= 0.6 is 11.8 Å². The highest BCUT2D eigenvalue weighted by molar-refractivity contribution is 7.98. The number of oxime groups is 1. The summed E-state index contributed by atoms with van der Waals surface area (Å²) in [7, 11) is 0. The summed E-state index contributed by atoms with van der Waals surface area (Å²) in [5, 5.41) is 38.7. The van der Waals surface area contributed by atoms with Crippen LogP contribution in [-0.2, 0) is 20.9 Å². The summed E-state index contributed by atoms with van der Waals surface area (Å²) in [6.45, 7) is 10.4. The highest BCUT2D eigenvalue weighted by Crippen LogP contribution is 2.62. The monoisotopic (exact) mass is 979 g/mol. The lowest BCUT2D eigenvalue weighted by Gasteiger charge is -2.60. The third kappa shape index (κ3) is 11.6. The lowest BCUT2D eigenvalue weighted by Crippen LogP contribution is -2.70. The van der Waals surface area contributed by atoms with Crippen LogP contribution in [0.1, 0.15) is 88.3 Å². The molecule has 0 spiro atoms. The van der Waals surface area contributed by atoms with Crippen LogP contribution in [0.5, 0.6) is 17.2 Å². The van der Waals surface area contributed by atoms with Gasteiger partial charge in [-0.05, 0) is 153 Å². The maximum Gasteiger partial charge on any atom is 0.269 e. The van der Waals surface area contributed by atoms with Gasteiger partial charge in [0, 0.05) is 60.8 Å². The number of unbranched alkanes of at least 4 members (excludes halogenated alkanes) is 2. The molecule has 5 aromatic carbocycles. The Morgan fingerprint density at radius 1 is 0.944 bits per heavy atom. The maximum atomic E-state index is 15.5. The van der Waals surface area contributed by atoms with Crippen molar-refractivity contribution in [2.75, 3.05) is 26.1 Å². The fraction of sp³-hybridized carbons (Fsp3) is 0.379. The molecule has 2 aliphatic carbocycles. The first kappa shape index (κ1) is 51.1. The number of ether oxygens (including phenoxy) is 3. The van der Waals surface area contributed by atoms with Crippen LogP contribution in [-0.4, -0.2) is 75.2 Å². The van der Waals surface area contributed by atoms with Gasteiger partial charge in [-0.15, -0.1) is 18.3 Å². The Kier molecular flexibility index (Phi) is 16.5. The molecular weight excluding hydrogens is 915 g/mol. The first-order valence-corrected chi connectivity index (χ1v) is 25.9. The smallest absolute Gasteiger partial charge is 0.269 e. The number of non-ortho nitro benzene ring substituents is 1. The molecule has 2 N–H and O–H groups in total. The van der Waals surface area contributed by atoms with Gasteiger partial charge in [0.25, 0.3) is 5.69 Å². The second-order valence-electron chi connectivity index (χ2n) is 19.5. The number of aliphatic hydroxyl groups is 2. The van der Waals surface area contributed by atoms with Crippen molar-refractivity contribution in [2.45, 2.75) is 101 Å². The van der Waals surface area contributed by atoms with Crippen LogP contribution < -0.4 is 9.47 Å². The SMILES string of the molecule is C=CCO[C@@]12Oc3ccc(Oc4ccc(SC)cc4)cc3[C@H]3[C@H](CCCCO)[C@@H](CCCCO)C=C(C(=NOC(C)(C)C)C[C@@H]1N(Cc1cccc4ccccc14)C(=O)C=Cc1ccc([N+](=O)[O-])cc1)[C@H]32. The zero-order valence-electron chi connectivity index (χ0n) is 41.1. The zero-order valence-corrected chi connectivity index (χ0v) is 41.9. The van der Waals surface area contributed by atoms with Gasteiger partial charge in [-0.2, -0.15) is 0 Å². The molecule has 13 heteroatoms. The highest BCUT2D eigenvalue weighted by atomic mass is 32.2. The van der Waals surface area contributed by atoms with Crippen molar-refractivity contribution >= 4 is 45.9 Å². The number of fused-ring (bicyclic) bond motifs is 3. The first-order valence-electron chi connectivity index (χ1n) is 24.6. The third-order valence-corrected chi connectivity index (χ3v) is 14.5. The summed E-state index contributed by atoms with van der Waals surface area (Å²) in [6, 6.07) is 33.4. The van der Waals surface area contributed by atoms with Crippen molar-refractivity contribution in [2.24, 2.45) is 22.9 Å². The van der Waals surface area contributed by atoms with E-state index in [4.69, 9.17) is 24.2 Å². The summed E-state index contributed by atoms with van der Waals surface area (Å²) >= 11 is 1.66. The molecule has 5 aromatic rings. The van der Waals surface area contributed by atoms with Crippen LogP contribution in [0.15, 0.2) is 150 Å². The number of carbonyl (C=O) groups is 1. The van der Waals surface area contributed by atoms with Gasteiger partial charge in [0.15, 0.2) is 0 Å². The van der Waals surface area contributed by atoms with Crippen molar-refractivity contribution in [1.82, 2.24) is 4.90 Å². The quantitative estimate of drug-likeness (QED) is 0.0181. The van der Waals surface area contributed by atoms with Crippen LogP contribution in [0.4, 0.5) is 5.69 Å². The second kappa shape index (κ2) is 22.9. The van der Waals surface area contributed by atoms with E-state index in [1.807, 2.05) is 92.6 Å². The number of allylic oxidation sites excluding steroid dienone is 1. The van der Waals surface area contributed by atoms with E-state index in [1.165, 1.54) is 18.2 Å². The normalized spacial score (nSPS) is 22.0. The van der Waals surface area contributed by atoms with E-state index in [0.29, 0.717) is 41.4 Å². The average Bonchev–Trinajstić information content (AvgIpc) is 3.37. The zero-order chi connectivity index (χ0) is 50.1. The number of nitro groups is 1. The van der Waals surface area contributed by atoms with Crippen molar-refractivity contribution in [3.05, 3.63) is 166 Å². The van der Waals surface area contributed by atoms with Crippen LogP contribution in [0, 0.1) is 27.9 Å². The summed E-state index contributed by atoms with van der Waals surface area (Å²) in [5.41, 5.74) is 3.39. The van der Waals surface area contributed by atoms with E-state index in [2.05, 4.69) is 36.9 Å². The van der Waals surface area contributed by atoms with Crippen LogP contribution in [0.25, 0.3) is 16.8 Å². The van der Waals surface area contributed by atoms with Gasteiger partial charge in [0.2, 0.25) is 11.7 Å². The number of aliphatic hydroxyl groups excluding tert-OH is 2. The van der Waals surface area contributed by atoms with Crippen molar-refractivity contribution in [3.63, 3.8) is 0 Å². The Morgan fingerprint density at radius 2 is 1.66 bits per heavy atom. The van der Waals surface area contributed by atoms with E-state index < -0.39 is 28.3 Å². The van der Waals surface area contributed by atoms with E-state index in [-0.39, 0.29) is 62.1 Å². The summed E-state index contributed by atoms with van der Waals surface area (Å²) in [6.07, 6.45) is 13.9. The van der Waals surface area contributed by atoms with E-state index >= 15 is 4.79 Å². The number of nitrogens with zero attached hydrogens (tertiary/aromatic N) is 3. The molecule has 372 valence electrons. The van der Waals surface area contributed by atoms with Crippen molar-refractivity contribution < 1.29 is 39.0 Å². The van der Waals surface area contributed by atoms with Gasteiger partial charge in [-0.1, -0.05) is 72.6 Å². The Balaban J connectivity index is 1.36. The predicted molar refractivity (Wildman–Crippen MR) is 281 cm³/mol. The molecule has 1 saturated carbocycles. The minimum Gasteiger partial charge on any atom is -0.459 e. The van der Waals surface area contributed by atoms with Gasteiger partial charge >= 0.3 is 0 Å². The largest absolute Gasteiger partial charge is 0.459 e. The third-order valence-electron chi connectivity index (χ3n) is 13.8. The number of benzene rings is 5. The molecule has 3 aliphatic rings. The highest BCUT2D eigenvalue weighted by Gasteiger charge is 2.65. The summed E-state index contributed by atoms with van der Waals surface area (Å²) in [4.78, 5) is 35.9. The Hall–Kier alpha value is -6.25. The van der Waals surface area contributed by atoms with Crippen LogP contribution in [0.3, 0.4) is 0 Å². The fourth-order valence-electron chi connectivity index (χ4n) is 10.6. The molecule has 0 radical (unpaired) electrons. The molecular formula is C58H65N3O9S. The molecule has 8 rings (SSSR count). The Morgan fingerprint density at radius 3 is 2.37 bits per heavy atom. The van der Waals surface area contributed by atoms with Crippen molar-refractivity contribution in [1.29, 1.82) is 0 Å². The number of nitro benzene ring substituents is 1. The number of rotatable bonds is 21. The molecule has 0 aromatic heterocycles. The number of hydrogen-bond acceptors (Lipinski definition) is 11. The molecule has 6 atom stereocenters. The standard InChI is InChI=1S/C58H65N3O9S/c1-6-34-67-58-53(60(38-42-17-13-16-40-14-7-8-18-47(40)42)54(64)31-22-39-20-23-43(24-21-39)61(65)66)37-51(59-70-57(2,3)4)49-35-41(15-9-11-32-62)48(19-10-12-33-63)55(56(49)58)50-36-45(27-30-52(50)69-58)68-44-25-28-46(71-5)29-26-44/h6-8,13-14,16-18,20-31,35-36,41,48,53,55-56,62-63H,1,9-12,15,19,32-34,37-38H2,2-5H3/t41-,48+,53-,55+,56+,58+/m0/s1. The van der Waals surface area contributed by atoms with Crippen LogP contribution in [0.2, 0.25) is 0 Å². The Labute approximate surface area is 421 Å². The molecule has 0 unspecified atom stereocenters. The molecule has 1 amide bonds. The molecule has 12 nitrogen and oxygen atoms in total. The molecule has 1 aliphatic heterocycles. The number of hydrogen-bond donors (Lipinski definition) is 2. The van der Waals surface area contributed by atoms with Gasteiger partial charge in [-0.25, -0.2) is 0 Å². The van der Waals surface area contributed by atoms with E-state index in [1.54, 1.807) is 36.0 Å². The number of carbonyl (C=O) groups excluding carboxylic acids is 1. The summed E-state index contributed by atoms with van der Waals surface area (Å²) in [5.74, 6) is -0.648.